The summed E-state index contributed by atoms with van der Waals surface area (Å²) >= 11 is 0. The van der Waals surface area contributed by atoms with Gasteiger partial charge in [-0.05, 0) is 36.2 Å². The van der Waals surface area contributed by atoms with Crippen LogP contribution in [0.15, 0.2) is 48.5 Å². The van der Waals surface area contributed by atoms with Crippen molar-refractivity contribution in [2.75, 3.05) is 30.8 Å². The van der Waals surface area contributed by atoms with E-state index in [2.05, 4.69) is 5.32 Å². The third kappa shape index (κ3) is 5.70. The smallest absolute Gasteiger partial charge is 0.240 e. The SMILES string of the molecule is COc1ccc(C(O)CNC(=O)CN(c2ccccc2C)S(C)(=O)=O)cc1. The van der Waals surface area contributed by atoms with E-state index in [0.29, 0.717) is 17.0 Å². The molecule has 1 atom stereocenters. The van der Waals surface area contributed by atoms with Crippen LogP contribution in [-0.4, -0.2) is 45.9 Å². The lowest BCUT2D eigenvalue weighted by atomic mass is 10.1. The average molecular weight is 392 g/mol. The maximum Gasteiger partial charge on any atom is 0.240 e. The molecule has 0 heterocycles. The van der Waals surface area contributed by atoms with E-state index in [4.69, 9.17) is 4.74 Å². The highest BCUT2D eigenvalue weighted by Gasteiger charge is 2.22. The van der Waals surface area contributed by atoms with Gasteiger partial charge >= 0.3 is 0 Å². The van der Waals surface area contributed by atoms with Crippen LogP contribution < -0.4 is 14.4 Å². The predicted molar refractivity (Wildman–Crippen MR) is 104 cm³/mol. The van der Waals surface area contributed by atoms with Crippen LogP contribution in [0.25, 0.3) is 0 Å². The fraction of sp³-hybridized carbons (Fsp3) is 0.316. The second-order valence-corrected chi connectivity index (χ2v) is 8.06. The molecule has 0 aliphatic carbocycles. The van der Waals surface area contributed by atoms with Crippen molar-refractivity contribution in [2.45, 2.75) is 13.0 Å². The number of nitrogens with zero attached hydrogens (tertiary/aromatic N) is 1. The molecule has 2 aromatic rings. The van der Waals surface area contributed by atoms with Crippen LogP contribution in [0, 0.1) is 6.92 Å². The Labute approximate surface area is 159 Å². The molecule has 0 radical (unpaired) electrons. The van der Waals surface area contributed by atoms with E-state index in [0.717, 1.165) is 16.1 Å². The Morgan fingerprint density at radius 2 is 1.81 bits per heavy atom. The Bertz CT molecular complexity index is 881. The molecule has 0 saturated carbocycles. The van der Waals surface area contributed by atoms with E-state index < -0.39 is 22.0 Å². The number of rotatable bonds is 8. The Morgan fingerprint density at radius 1 is 1.19 bits per heavy atom. The molecular formula is C19H24N2O5S. The number of para-hydroxylation sites is 1. The number of hydrogen-bond acceptors (Lipinski definition) is 5. The number of carbonyl (C=O) groups excluding carboxylic acids is 1. The number of aryl methyl sites for hydroxylation is 1. The first kappa shape index (κ1) is 20.7. The monoisotopic (exact) mass is 392 g/mol. The predicted octanol–water partition coefficient (Wildman–Crippen LogP) is 1.62. The van der Waals surface area contributed by atoms with Crippen molar-refractivity contribution < 1.29 is 23.1 Å². The fourth-order valence-corrected chi connectivity index (χ4v) is 3.48. The lowest BCUT2D eigenvalue weighted by Crippen LogP contribution is -2.41. The maximum atomic E-state index is 12.3. The number of ether oxygens (including phenoxy) is 1. The summed E-state index contributed by atoms with van der Waals surface area (Å²) in [5, 5.41) is 12.8. The topological polar surface area (TPSA) is 95.9 Å². The zero-order valence-corrected chi connectivity index (χ0v) is 16.4. The van der Waals surface area contributed by atoms with Gasteiger partial charge in [0, 0.05) is 6.54 Å². The van der Waals surface area contributed by atoms with Crippen molar-refractivity contribution in [1.29, 1.82) is 0 Å². The number of anilines is 1. The van der Waals surface area contributed by atoms with Crippen molar-refractivity contribution in [3.8, 4) is 5.75 Å². The third-order valence-corrected chi connectivity index (χ3v) is 5.19. The Hall–Kier alpha value is -2.58. The molecule has 0 bridgehead atoms. The first-order valence-electron chi connectivity index (χ1n) is 8.34. The summed E-state index contributed by atoms with van der Waals surface area (Å²) in [6.07, 6.45) is 0.142. The molecule has 0 aromatic heterocycles. The lowest BCUT2D eigenvalue weighted by molar-refractivity contribution is -0.120. The van der Waals surface area contributed by atoms with Gasteiger partial charge in [-0.1, -0.05) is 30.3 Å². The molecule has 7 nitrogen and oxygen atoms in total. The number of hydrogen-bond donors (Lipinski definition) is 2. The number of carbonyl (C=O) groups is 1. The molecule has 0 fully saturated rings. The molecule has 1 unspecified atom stereocenters. The van der Waals surface area contributed by atoms with Crippen molar-refractivity contribution in [3.63, 3.8) is 0 Å². The molecule has 8 heteroatoms. The molecule has 0 aliphatic heterocycles. The van der Waals surface area contributed by atoms with Crippen LogP contribution in [0.5, 0.6) is 5.75 Å². The van der Waals surface area contributed by atoms with Gasteiger partial charge in [0.05, 0.1) is 25.2 Å². The third-order valence-electron chi connectivity index (χ3n) is 4.06. The van der Waals surface area contributed by atoms with Gasteiger partial charge in [0.15, 0.2) is 0 Å². The minimum atomic E-state index is -3.64. The largest absolute Gasteiger partial charge is 0.497 e. The standard InChI is InChI=1S/C19H24N2O5S/c1-14-6-4-5-7-17(14)21(27(3,24)25)13-19(23)20-12-18(22)15-8-10-16(26-2)11-9-15/h4-11,18,22H,12-13H2,1-3H3,(H,20,23). The summed E-state index contributed by atoms with van der Waals surface area (Å²) in [6, 6.07) is 13.8. The number of amides is 1. The molecule has 0 saturated heterocycles. The molecule has 1 amide bonds. The van der Waals surface area contributed by atoms with Crippen LogP contribution in [0.3, 0.4) is 0 Å². The highest BCUT2D eigenvalue weighted by molar-refractivity contribution is 7.92. The lowest BCUT2D eigenvalue weighted by Gasteiger charge is -2.24. The zero-order chi connectivity index (χ0) is 20.0. The highest BCUT2D eigenvalue weighted by atomic mass is 32.2. The number of benzene rings is 2. The zero-order valence-electron chi connectivity index (χ0n) is 15.5. The number of sulfonamides is 1. The van der Waals surface area contributed by atoms with Crippen molar-refractivity contribution in [1.82, 2.24) is 5.32 Å². The maximum absolute atomic E-state index is 12.3. The van der Waals surface area contributed by atoms with E-state index >= 15 is 0 Å². The second-order valence-electron chi connectivity index (χ2n) is 6.15. The summed E-state index contributed by atoms with van der Waals surface area (Å²) in [7, 11) is -2.09. The summed E-state index contributed by atoms with van der Waals surface area (Å²) in [5.74, 6) is 0.160. The highest BCUT2D eigenvalue weighted by Crippen LogP contribution is 2.22. The van der Waals surface area contributed by atoms with Gasteiger partial charge in [-0.3, -0.25) is 9.10 Å². The molecule has 0 spiro atoms. The van der Waals surface area contributed by atoms with Crippen LogP contribution in [0.2, 0.25) is 0 Å². The van der Waals surface area contributed by atoms with E-state index in [9.17, 15) is 18.3 Å². The Morgan fingerprint density at radius 3 is 2.37 bits per heavy atom. The summed E-state index contributed by atoms with van der Waals surface area (Å²) in [4.78, 5) is 12.3. The molecule has 27 heavy (non-hydrogen) atoms. The molecule has 2 aromatic carbocycles. The second kappa shape index (κ2) is 8.88. The summed E-state index contributed by atoms with van der Waals surface area (Å²) in [6.45, 7) is 1.38. The van der Waals surface area contributed by atoms with Gasteiger partial charge in [-0.25, -0.2) is 8.42 Å². The Balaban J connectivity index is 2.02. The normalized spacial score (nSPS) is 12.3. The van der Waals surface area contributed by atoms with E-state index in [1.54, 1.807) is 62.6 Å². The molecule has 0 aliphatic rings. The molecular weight excluding hydrogens is 368 g/mol. The number of aliphatic hydroxyl groups is 1. The van der Waals surface area contributed by atoms with Crippen LogP contribution in [0.4, 0.5) is 5.69 Å². The summed E-state index contributed by atoms with van der Waals surface area (Å²) in [5.41, 5.74) is 1.81. The number of aliphatic hydroxyl groups excluding tert-OH is 1. The minimum Gasteiger partial charge on any atom is -0.497 e. The van der Waals surface area contributed by atoms with Crippen LogP contribution >= 0.6 is 0 Å². The van der Waals surface area contributed by atoms with E-state index in [1.165, 1.54) is 0 Å². The first-order chi connectivity index (χ1) is 12.7. The van der Waals surface area contributed by atoms with Gasteiger partial charge in [0.2, 0.25) is 15.9 Å². The van der Waals surface area contributed by atoms with Crippen molar-refractivity contribution >= 4 is 21.6 Å². The van der Waals surface area contributed by atoms with E-state index in [1.807, 2.05) is 0 Å². The Kier molecular flexibility index (Phi) is 6.81. The molecule has 146 valence electrons. The van der Waals surface area contributed by atoms with Gasteiger partial charge in [0.25, 0.3) is 0 Å². The van der Waals surface area contributed by atoms with Crippen molar-refractivity contribution in [3.05, 3.63) is 59.7 Å². The van der Waals surface area contributed by atoms with Gasteiger partial charge in [-0.15, -0.1) is 0 Å². The van der Waals surface area contributed by atoms with Gasteiger partial charge in [0.1, 0.15) is 12.3 Å². The fourth-order valence-electron chi connectivity index (χ4n) is 2.57. The van der Waals surface area contributed by atoms with Crippen LogP contribution in [-0.2, 0) is 14.8 Å². The molecule has 2 N–H and O–H groups in total. The summed E-state index contributed by atoms with van der Waals surface area (Å²) < 4.78 is 30.4. The van der Waals surface area contributed by atoms with E-state index in [-0.39, 0.29) is 13.1 Å². The van der Waals surface area contributed by atoms with Gasteiger partial charge in [-0.2, -0.15) is 0 Å². The number of nitrogens with one attached hydrogen (secondary N) is 1. The minimum absolute atomic E-state index is 0.0312. The van der Waals surface area contributed by atoms with Gasteiger partial charge < -0.3 is 15.2 Å². The first-order valence-corrected chi connectivity index (χ1v) is 10.2. The number of methoxy groups -OCH3 is 1. The average Bonchev–Trinajstić information content (AvgIpc) is 2.64. The quantitative estimate of drug-likeness (QED) is 0.712. The van der Waals surface area contributed by atoms with Crippen molar-refractivity contribution in [2.24, 2.45) is 0 Å². The molecule has 2 rings (SSSR count). The van der Waals surface area contributed by atoms with Crippen LogP contribution in [0.1, 0.15) is 17.2 Å².